The molecule has 0 bridgehead atoms. The zero-order valence-corrected chi connectivity index (χ0v) is 11.5. The second-order valence-electron chi connectivity index (χ2n) is 4.07. The summed E-state index contributed by atoms with van der Waals surface area (Å²) in [6.45, 7) is 4.98. The molecule has 0 amide bonds. The van der Waals surface area contributed by atoms with Crippen LogP contribution in [0.2, 0.25) is 0 Å². The third-order valence-corrected chi connectivity index (χ3v) is 3.30. The lowest BCUT2D eigenvalue weighted by Gasteiger charge is -2.15. The highest BCUT2D eigenvalue weighted by molar-refractivity contribution is 9.10. The highest BCUT2D eigenvalue weighted by Gasteiger charge is 2.05. The van der Waals surface area contributed by atoms with Crippen molar-refractivity contribution in [3.63, 3.8) is 0 Å². The Bertz CT molecular complexity index is 481. The molecule has 2 aromatic rings. The van der Waals surface area contributed by atoms with Crippen LogP contribution in [0.4, 0.5) is 5.82 Å². The summed E-state index contributed by atoms with van der Waals surface area (Å²) in [6, 6.07) is 4.29. The summed E-state index contributed by atoms with van der Waals surface area (Å²) < 4.78 is 3.08. The van der Waals surface area contributed by atoms with Crippen molar-refractivity contribution in [3.05, 3.63) is 41.0 Å². The van der Waals surface area contributed by atoms with E-state index in [-0.39, 0.29) is 0 Å². The van der Waals surface area contributed by atoms with Crippen molar-refractivity contribution in [3.8, 4) is 0 Å². The first-order valence-corrected chi connectivity index (χ1v) is 6.30. The summed E-state index contributed by atoms with van der Waals surface area (Å²) in [4.78, 5) is 8.48. The predicted molar refractivity (Wildman–Crippen MR) is 72.0 cm³/mol. The van der Waals surface area contributed by atoms with Gasteiger partial charge in [0.25, 0.3) is 0 Å². The third-order valence-electron chi connectivity index (χ3n) is 2.46. The number of halogens is 1. The minimum atomic E-state index is 0.303. The number of hydrogen-bond donors (Lipinski definition) is 1. The molecular formula is C12H15BrN4. The number of hydrogen-bond acceptors (Lipinski definition) is 3. The summed E-state index contributed by atoms with van der Waals surface area (Å²) in [5.74, 6) is 0.901. The van der Waals surface area contributed by atoms with E-state index in [1.54, 1.807) is 6.20 Å². The lowest BCUT2D eigenvalue weighted by Crippen LogP contribution is -2.21. The van der Waals surface area contributed by atoms with Crippen LogP contribution in [0.5, 0.6) is 0 Å². The van der Waals surface area contributed by atoms with E-state index in [2.05, 4.69) is 38.1 Å². The van der Waals surface area contributed by atoms with Gasteiger partial charge >= 0.3 is 0 Å². The van der Waals surface area contributed by atoms with E-state index in [1.165, 1.54) is 0 Å². The van der Waals surface area contributed by atoms with Gasteiger partial charge in [-0.15, -0.1) is 0 Å². The molecular weight excluding hydrogens is 280 g/mol. The molecule has 1 atom stereocenters. The molecule has 0 spiro atoms. The Labute approximate surface area is 109 Å². The lowest BCUT2D eigenvalue weighted by molar-refractivity contribution is 0.617. The van der Waals surface area contributed by atoms with E-state index in [0.29, 0.717) is 6.04 Å². The second-order valence-corrected chi connectivity index (χ2v) is 4.92. The highest BCUT2D eigenvalue weighted by atomic mass is 79.9. The van der Waals surface area contributed by atoms with Gasteiger partial charge in [0.1, 0.15) is 5.82 Å². The molecule has 0 aromatic carbocycles. The zero-order chi connectivity index (χ0) is 12.3. The SMILES string of the molecule is Cc1nc(NC(C)Cn2ccnc2)ccc1Br. The van der Waals surface area contributed by atoms with Crippen LogP contribution >= 0.6 is 15.9 Å². The van der Waals surface area contributed by atoms with Crippen LogP contribution in [0, 0.1) is 6.92 Å². The fourth-order valence-electron chi connectivity index (χ4n) is 1.63. The molecule has 1 unspecified atom stereocenters. The van der Waals surface area contributed by atoms with Crippen LogP contribution in [-0.2, 0) is 6.54 Å². The minimum Gasteiger partial charge on any atom is -0.366 e. The maximum absolute atomic E-state index is 4.46. The van der Waals surface area contributed by atoms with E-state index < -0.39 is 0 Å². The number of rotatable bonds is 4. The quantitative estimate of drug-likeness (QED) is 0.943. The van der Waals surface area contributed by atoms with Gasteiger partial charge in [-0.2, -0.15) is 0 Å². The van der Waals surface area contributed by atoms with Gasteiger partial charge < -0.3 is 9.88 Å². The van der Waals surface area contributed by atoms with Gasteiger partial charge in [0.15, 0.2) is 0 Å². The van der Waals surface area contributed by atoms with Crippen molar-refractivity contribution in [2.24, 2.45) is 0 Å². The fourth-order valence-corrected chi connectivity index (χ4v) is 1.85. The minimum absolute atomic E-state index is 0.303. The molecule has 2 rings (SSSR count). The van der Waals surface area contributed by atoms with Crippen LogP contribution in [-0.4, -0.2) is 20.6 Å². The highest BCUT2D eigenvalue weighted by Crippen LogP contribution is 2.16. The third kappa shape index (κ3) is 3.30. The van der Waals surface area contributed by atoms with Crippen molar-refractivity contribution in [2.45, 2.75) is 26.4 Å². The molecule has 0 aliphatic heterocycles. The molecule has 1 N–H and O–H groups in total. The van der Waals surface area contributed by atoms with E-state index >= 15 is 0 Å². The van der Waals surface area contributed by atoms with Gasteiger partial charge in [0.05, 0.1) is 12.0 Å². The van der Waals surface area contributed by atoms with Crippen molar-refractivity contribution >= 4 is 21.7 Å². The summed E-state index contributed by atoms with van der Waals surface area (Å²) in [7, 11) is 0. The first-order valence-electron chi connectivity index (χ1n) is 5.50. The van der Waals surface area contributed by atoms with E-state index in [9.17, 15) is 0 Å². The maximum atomic E-state index is 4.46. The summed E-state index contributed by atoms with van der Waals surface area (Å²) in [6.07, 6.45) is 5.56. The Morgan fingerprint density at radius 1 is 1.47 bits per heavy atom. The lowest BCUT2D eigenvalue weighted by atomic mass is 10.3. The van der Waals surface area contributed by atoms with Crippen molar-refractivity contribution in [1.29, 1.82) is 0 Å². The normalized spacial score (nSPS) is 12.4. The topological polar surface area (TPSA) is 42.7 Å². The molecule has 0 saturated heterocycles. The summed E-state index contributed by atoms with van der Waals surface area (Å²) in [5.41, 5.74) is 0.991. The number of anilines is 1. The van der Waals surface area contributed by atoms with Crippen LogP contribution in [0.25, 0.3) is 0 Å². The second kappa shape index (κ2) is 5.31. The zero-order valence-electron chi connectivity index (χ0n) is 9.89. The molecule has 90 valence electrons. The molecule has 17 heavy (non-hydrogen) atoms. The Morgan fingerprint density at radius 3 is 2.94 bits per heavy atom. The van der Waals surface area contributed by atoms with E-state index in [4.69, 9.17) is 0 Å². The van der Waals surface area contributed by atoms with Crippen LogP contribution in [0.3, 0.4) is 0 Å². The largest absolute Gasteiger partial charge is 0.366 e. The Morgan fingerprint density at radius 2 is 2.29 bits per heavy atom. The fraction of sp³-hybridized carbons (Fsp3) is 0.333. The molecule has 5 heteroatoms. The molecule has 0 radical (unpaired) electrons. The van der Waals surface area contributed by atoms with Gasteiger partial charge in [-0.3, -0.25) is 0 Å². The first kappa shape index (κ1) is 12.1. The van der Waals surface area contributed by atoms with E-state index in [0.717, 1.165) is 22.5 Å². The maximum Gasteiger partial charge on any atom is 0.126 e. The molecule has 2 heterocycles. The Kier molecular flexibility index (Phi) is 3.78. The smallest absolute Gasteiger partial charge is 0.126 e. The van der Waals surface area contributed by atoms with E-state index in [1.807, 2.05) is 36.1 Å². The van der Waals surface area contributed by atoms with Gasteiger partial charge in [-0.1, -0.05) is 0 Å². The van der Waals surface area contributed by atoms with Crippen molar-refractivity contribution in [1.82, 2.24) is 14.5 Å². The summed E-state index contributed by atoms with van der Waals surface area (Å²) in [5, 5.41) is 3.37. The number of nitrogens with one attached hydrogen (secondary N) is 1. The number of aryl methyl sites for hydroxylation is 1. The Hall–Kier alpha value is -1.36. The van der Waals surface area contributed by atoms with Crippen LogP contribution in [0.1, 0.15) is 12.6 Å². The molecule has 0 saturated carbocycles. The van der Waals surface area contributed by atoms with Crippen LogP contribution < -0.4 is 5.32 Å². The average molecular weight is 295 g/mol. The average Bonchev–Trinajstić information content (AvgIpc) is 2.76. The van der Waals surface area contributed by atoms with Crippen molar-refractivity contribution in [2.75, 3.05) is 5.32 Å². The number of aromatic nitrogens is 3. The molecule has 0 aliphatic rings. The van der Waals surface area contributed by atoms with Gasteiger partial charge in [0, 0.05) is 29.5 Å². The molecule has 0 fully saturated rings. The van der Waals surface area contributed by atoms with Gasteiger partial charge in [-0.05, 0) is 41.9 Å². The summed E-state index contributed by atoms with van der Waals surface area (Å²) >= 11 is 3.44. The number of nitrogens with zero attached hydrogens (tertiary/aromatic N) is 3. The molecule has 4 nitrogen and oxygen atoms in total. The Balaban J connectivity index is 1.98. The molecule has 0 aliphatic carbocycles. The van der Waals surface area contributed by atoms with Crippen molar-refractivity contribution < 1.29 is 0 Å². The number of pyridine rings is 1. The predicted octanol–water partition coefficient (Wildman–Crippen LogP) is 2.85. The first-order chi connectivity index (χ1) is 8.15. The van der Waals surface area contributed by atoms with Gasteiger partial charge in [0.2, 0.25) is 0 Å². The standard InChI is InChI=1S/C12H15BrN4/c1-9(7-17-6-5-14-8-17)15-12-4-3-11(13)10(2)16-12/h3-6,8-9H,7H2,1-2H3,(H,15,16). The van der Waals surface area contributed by atoms with Gasteiger partial charge in [-0.25, -0.2) is 9.97 Å². The van der Waals surface area contributed by atoms with Crippen LogP contribution in [0.15, 0.2) is 35.3 Å². The number of imidazole rings is 1. The monoisotopic (exact) mass is 294 g/mol. The molecule has 2 aromatic heterocycles.